The zero-order valence-electron chi connectivity index (χ0n) is 68.2. The number of hydrogen-bond acceptors (Lipinski definition) is 24. The van der Waals surface area contributed by atoms with Crippen LogP contribution in [0.5, 0.6) is 0 Å². The number of hydrogen-bond donors (Lipinski definition) is 26. The lowest BCUT2D eigenvalue weighted by Gasteiger charge is -2.28. The molecular weight excluding hydrogens is 1570 g/mol. The van der Waals surface area contributed by atoms with Crippen molar-refractivity contribution in [3.05, 3.63) is 35.9 Å². The van der Waals surface area contributed by atoms with Gasteiger partial charge in [-0.2, -0.15) is 0 Å². The van der Waals surface area contributed by atoms with Crippen molar-refractivity contribution in [2.24, 2.45) is 40.9 Å². The van der Waals surface area contributed by atoms with E-state index in [1.54, 1.807) is 85.7 Å². The van der Waals surface area contributed by atoms with E-state index >= 15 is 0 Å². The monoisotopic (exact) mass is 1690 g/mol. The molecule has 1 aromatic rings. The second-order valence-electron chi connectivity index (χ2n) is 30.0. The van der Waals surface area contributed by atoms with Gasteiger partial charge in [0.2, 0.25) is 82.7 Å². The summed E-state index contributed by atoms with van der Waals surface area (Å²) in [5.74, 6) is -25.0. The van der Waals surface area contributed by atoms with Gasteiger partial charge in [-0.15, -0.1) is 0 Å². The van der Waals surface area contributed by atoms with E-state index < -0.39 is 274 Å². The Morgan fingerprint density at radius 3 is 1.16 bits per heavy atom. The minimum Gasteiger partial charge on any atom is -0.481 e. The van der Waals surface area contributed by atoms with Gasteiger partial charge in [-0.25, -0.2) is 4.79 Å². The summed E-state index contributed by atoms with van der Waals surface area (Å²) in [5, 5.41) is 112. The lowest BCUT2D eigenvalue weighted by atomic mass is 10.00. The number of aliphatic carboxylic acids is 5. The molecule has 0 aromatic heterocycles. The molecule has 14 amide bonds. The molecular formula is C74H121N19O26. The predicted molar refractivity (Wildman–Crippen MR) is 422 cm³/mol. The molecule has 14 atom stereocenters. The molecule has 1 rings (SSSR count). The Labute approximate surface area is 687 Å². The largest absolute Gasteiger partial charge is 0.481 e. The average Bonchev–Trinajstić information content (AvgIpc) is 0.867. The van der Waals surface area contributed by atoms with E-state index in [1.807, 2.05) is 0 Å². The third kappa shape index (κ3) is 43.3. The minimum absolute atomic E-state index is 0.00716. The molecule has 668 valence electrons. The Morgan fingerprint density at radius 1 is 0.387 bits per heavy atom. The lowest BCUT2D eigenvalue weighted by molar-refractivity contribution is -0.143. The number of rotatable bonds is 59. The third-order valence-corrected chi connectivity index (χ3v) is 17.7. The highest BCUT2D eigenvalue weighted by atomic mass is 16.4. The van der Waals surface area contributed by atoms with E-state index in [-0.39, 0.29) is 82.2 Å². The first-order chi connectivity index (χ1) is 55.7. The van der Waals surface area contributed by atoms with Crippen LogP contribution in [-0.2, 0) is 97.5 Å². The second kappa shape index (κ2) is 55.0. The number of unbranched alkanes of at least 4 members (excludes halogenated alkanes) is 1. The van der Waals surface area contributed by atoms with Gasteiger partial charge in [0.05, 0.1) is 38.3 Å². The van der Waals surface area contributed by atoms with Crippen LogP contribution in [-0.4, -0.2) is 272 Å². The Hall–Kier alpha value is -11.7. The molecule has 0 aliphatic rings. The van der Waals surface area contributed by atoms with Crippen LogP contribution in [0.15, 0.2) is 30.3 Å². The van der Waals surface area contributed by atoms with Gasteiger partial charge in [-0.1, -0.05) is 85.7 Å². The Bertz CT molecular complexity index is 3630. The molecule has 0 saturated carbocycles. The van der Waals surface area contributed by atoms with Gasteiger partial charge in [-0.05, 0) is 113 Å². The summed E-state index contributed by atoms with van der Waals surface area (Å²) >= 11 is 0. The Morgan fingerprint density at radius 2 is 0.739 bits per heavy atom. The van der Waals surface area contributed by atoms with E-state index in [0.717, 1.165) is 0 Å². The SMILES string of the molecule is CC(C)C[C@H](NC(=O)[C@H](Cc1ccccc1)NC(=O)[C@H](CCC(=O)O)NC(=O)[C@H](CO)NC(=O)[C@H](CCC(=O)O)NC(=O)CNC(=O)[C@H](CCC(=O)O)NC(=O)[C@H](CC(C)C)NC(=O)[C@H](CCCNC(=N)N)NC(=O)[C@H](CC(C)C)NC(=O)CNC(=O)[C@H](CC(=O)O)NC(=O)[C@H](CCCCN)NC(=O)[C@@H](NC(=O)[C@@H](N)C(C)C)[C@@H](C)O)C(=O)O. The first-order valence-corrected chi connectivity index (χ1v) is 38.8. The number of nitrogens with one attached hydrogen (secondary N) is 16. The van der Waals surface area contributed by atoms with Crippen molar-refractivity contribution in [3.63, 3.8) is 0 Å². The van der Waals surface area contributed by atoms with Gasteiger partial charge < -0.3 is 133 Å². The fourth-order valence-electron chi connectivity index (χ4n) is 11.4. The number of nitrogens with two attached hydrogens (primary N) is 3. The number of aliphatic hydroxyl groups excluding tert-OH is 2. The molecule has 0 aliphatic heterocycles. The lowest BCUT2D eigenvalue weighted by Crippen LogP contribution is -2.60. The van der Waals surface area contributed by atoms with Crippen LogP contribution < -0.4 is 97.0 Å². The molecule has 0 aliphatic carbocycles. The molecule has 0 bridgehead atoms. The van der Waals surface area contributed by atoms with Crippen molar-refractivity contribution in [3.8, 4) is 0 Å². The summed E-state index contributed by atoms with van der Waals surface area (Å²) in [6.07, 6.45) is -7.48. The topological polar surface area (TPSA) is 748 Å². The number of carboxylic acid groups (broad SMARTS) is 5. The molecule has 45 heteroatoms. The summed E-state index contributed by atoms with van der Waals surface area (Å²) in [7, 11) is 0. The quantitative estimate of drug-likeness (QED) is 0.0164. The van der Waals surface area contributed by atoms with E-state index in [9.17, 15) is 127 Å². The average molecular weight is 1690 g/mol. The molecule has 0 heterocycles. The summed E-state index contributed by atoms with van der Waals surface area (Å²) < 4.78 is 0. The van der Waals surface area contributed by atoms with E-state index in [1.165, 1.54) is 6.92 Å². The predicted octanol–water partition coefficient (Wildman–Crippen LogP) is -6.68. The van der Waals surface area contributed by atoms with Crippen molar-refractivity contribution in [1.82, 2.24) is 79.8 Å². The molecule has 1 aromatic carbocycles. The smallest absolute Gasteiger partial charge is 0.326 e. The van der Waals surface area contributed by atoms with Gasteiger partial charge >= 0.3 is 29.8 Å². The van der Waals surface area contributed by atoms with Crippen LogP contribution >= 0.6 is 0 Å². The van der Waals surface area contributed by atoms with Gasteiger partial charge in [0.25, 0.3) is 0 Å². The highest BCUT2D eigenvalue weighted by Gasteiger charge is 2.38. The van der Waals surface area contributed by atoms with Crippen LogP contribution in [0.1, 0.15) is 164 Å². The van der Waals surface area contributed by atoms with Crippen molar-refractivity contribution < 1.29 is 127 Å². The number of carbonyl (C=O) groups excluding carboxylic acids is 14. The maximum Gasteiger partial charge on any atom is 0.326 e. The zero-order chi connectivity index (χ0) is 90.5. The summed E-state index contributed by atoms with van der Waals surface area (Å²) in [6.45, 7) is 11.3. The van der Waals surface area contributed by atoms with Gasteiger partial charge in [0.15, 0.2) is 5.96 Å². The zero-order valence-corrected chi connectivity index (χ0v) is 68.2. The van der Waals surface area contributed by atoms with Gasteiger partial charge in [-0.3, -0.25) is 91.7 Å². The second-order valence-corrected chi connectivity index (χ2v) is 30.0. The van der Waals surface area contributed by atoms with Crippen LogP contribution in [0.3, 0.4) is 0 Å². The third-order valence-electron chi connectivity index (χ3n) is 17.7. The molecule has 0 fully saturated rings. The summed E-state index contributed by atoms with van der Waals surface area (Å²) in [4.78, 5) is 253. The van der Waals surface area contributed by atoms with Crippen LogP contribution in [0.2, 0.25) is 0 Å². The van der Waals surface area contributed by atoms with Crippen LogP contribution in [0.4, 0.5) is 0 Å². The number of amides is 14. The fraction of sp³-hybridized carbons (Fsp3) is 0.649. The Kier molecular flexibility index (Phi) is 48.7. The summed E-state index contributed by atoms with van der Waals surface area (Å²) in [6, 6.07) is -13.3. The number of benzene rings is 1. The van der Waals surface area contributed by atoms with Crippen molar-refractivity contribution >= 4 is 119 Å². The van der Waals surface area contributed by atoms with E-state index in [4.69, 9.17) is 22.6 Å². The molecule has 29 N–H and O–H groups in total. The highest BCUT2D eigenvalue weighted by molar-refractivity contribution is 6.00. The van der Waals surface area contributed by atoms with Crippen LogP contribution in [0, 0.1) is 29.1 Å². The summed E-state index contributed by atoms with van der Waals surface area (Å²) in [5.41, 5.74) is 17.5. The Balaban J connectivity index is 3.54. The fourth-order valence-corrected chi connectivity index (χ4v) is 11.4. The molecule has 0 spiro atoms. The number of carbonyl (C=O) groups is 19. The van der Waals surface area contributed by atoms with Gasteiger partial charge in [0, 0.05) is 32.2 Å². The van der Waals surface area contributed by atoms with Crippen molar-refractivity contribution in [2.45, 2.75) is 250 Å². The normalized spacial score (nSPS) is 14.7. The number of aliphatic hydroxyl groups is 2. The molecule has 45 nitrogen and oxygen atoms in total. The standard InChI is InChI=1S/C74H121N19O26/c1-36(2)28-47(83-54(97)34-81-62(107)50(32-58(104)105)90-63(108)42(18-13-14-26-75)87-72(117)60(40(9)95)93-71(116)59(76)39(7)8)67(112)84-43(19-15-27-79-74(77)78)64(109)88-48(29-37(3)4)68(113)85-44(20-23-55(98)99)61(106)80-33-53(96)82-45(21-24-56(100)101)65(110)92-52(35-94)70(115)86-46(22-25-57(102)103)66(111)89-49(31-41-16-11-10-12-17-41)69(114)91-51(73(118)119)30-38(5)6/h10-12,16-17,36-40,42-52,59-60,94-95H,13-15,18-35,75-76H2,1-9H3,(H,80,106)(H,81,107)(H,82,96)(H,83,97)(H,84,112)(H,85,113)(H,86,115)(H,87,117)(H,88,109)(H,89,111)(H,90,108)(H,91,114)(H,92,110)(H,93,116)(H,98,99)(H,100,101)(H,102,103)(H,104,105)(H,118,119)(H4,77,78,79)/t40-,42+,43+,44+,45+,46+,47+,48+,49+,50+,51+,52+,59+,60+/m1/s1. The molecule has 0 saturated heterocycles. The number of carboxylic acids is 5. The maximum absolute atomic E-state index is 14.5. The highest BCUT2D eigenvalue weighted by Crippen LogP contribution is 2.15. The first kappa shape index (κ1) is 105. The first-order valence-electron chi connectivity index (χ1n) is 38.8. The van der Waals surface area contributed by atoms with Gasteiger partial charge in [0.1, 0.15) is 72.5 Å². The minimum atomic E-state index is -2.03. The van der Waals surface area contributed by atoms with E-state index in [2.05, 4.69) is 79.8 Å². The molecule has 119 heavy (non-hydrogen) atoms. The van der Waals surface area contributed by atoms with Crippen molar-refractivity contribution in [1.29, 1.82) is 5.41 Å². The van der Waals surface area contributed by atoms with Crippen LogP contribution in [0.25, 0.3) is 0 Å². The maximum atomic E-state index is 14.5. The van der Waals surface area contributed by atoms with E-state index in [0.29, 0.717) is 12.0 Å². The molecule has 0 radical (unpaired) electrons. The molecule has 0 unspecified atom stereocenters. The number of guanidine groups is 1. The van der Waals surface area contributed by atoms with Crippen molar-refractivity contribution in [2.75, 3.05) is 32.8 Å².